The standard InChI is InChI=1S/C18H17FN2O2/c1-12-6-8-13(9-7-12)21-11-10-16(18(21)23)20-17(22)14-4-2-3-5-15(14)19/h2-9,16H,10-11H2,1H3,(H,20,22). The molecular weight excluding hydrogens is 295 g/mol. The third kappa shape index (κ3) is 3.08. The predicted molar refractivity (Wildman–Crippen MR) is 85.8 cm³/mol. The summed E-state index contributed by atoms with van der Waals surface area (Å²) in [5, 5.41) is 2.63. The van der Waals surface area contributed by atoms with Gasteiger partial charge in [0.2, 0.25) is 5.91 Å². The molecule has 0 radical (unpaired) electrons. The summed E-state index contributed by atoms with van der Waals surface area (Å²) in [6.45, 7) is 2.51. The first-order chi connectivity index (χ1) is 11.1. The van der Waals surface area contributed by atoms with Crippen molar-refractivity contribution >= 4 is 17.5 Å². The molecule has 0 saturated carbocycles. The molecule has 0 spiro atoms. The van der Waals surface area contributed by atoms with Crippen molar-refractivity contribution in [2.75, 3.05) is 11.4 Å². The molecule has 1 aliphatic rings. The maximum Gasteiger partial charge on any atom is 0.254 e. The van der Waals surface area contributed by atoms with Crippen molar-refractivity contribution in [2.24, 2.45) is 0 Å². The number of hydrogen-bond donors (Lipinski definition) is 1. The smallest absolute Gasteiger partial charge is 0.254 e. The van der Waals surface area contributed by atoms with E-state index >= 15 is 0 Å². The van der Waals surface area contributed by atoms with Crippen molar-refractivity contribution in [3.05, 3.63) is 65.5 Å². The second kappa shape index (κ2) is 6.20. The number of halogens is 1. The van der Waals surface area contributed by atoms with Crippen LogP contribution in [0, 0.1) is 12.7 Å². The van der Waals surface area contributed by atoms with Crippen LogP contribution in [0.5, 0.6) is 0 Å². The van der Waals surface area contributed by atoms with Gasteiger partial charge in [-0.15, -0.1) is 0 Å². The van der Waals surface area contributed by atoms with Crippen molar-refractivity contribution in [3.8, 4) is 0 Å². The van der Waals surface area contributed by atoms with Gasteiger partial charge in [-0.1, -0.05) is 29.8 Å². The molecule has 0 aromatic heterocycles. The fourth-order valence-corrected chi connectivity index (χ4v) is 2.68. The summed E-state index contributed by atoms with van der Waals surface area (Å²) in [7, 11) is 0. The van der Waals surface area contributed by atoms with E-state index in [1.165, 1.54) is 18.2 Å². The Bertz CT molecular complexity index is 743. The minimum Gasteiger partial charge on any atom is -0.340 e. The SMILES string of the molecule is Cc1ccc(N2CCC(NC(=O)c3ccccc3F)C2=O)cc1. The Morgan fingerprint density at radius 2 is 1.87 bits per heavy atom. The number of aryl methyl sites for hydroxylation is 1. The average molecular weight is 312 g/mol. The van der Waals surface area contributed by atoms with Gasteiger partial charge in [0.05, 0.1) is 5.56 Å². The summed E-state index contributed by atoms with van der Waals surface area (Å²) in [5.41, 5.74) is 1.88. The van der Waals surface area contributed by atoms with Gasteiger partial charge in [-0.3, -0.25) is 9.59 Å². The molecule has 1 N–H and O–H groups in total. The molecule has 1 unspecified atom stereocenters. The van der Waals surface area contributed by atoms with Crippen LogP contribution in [0.25, 0.3) is 0 Å². The lowest BCUT2D eigenvalue weighted by Gasteiger charge is -2.17. The van der Waals surface area contributed by atoms with Crippen molar-refractivity contribution in [1.29, 1.82) is 0 Å². The van der Waals surface area contributed by atoms with Crippen molar-refractivity contribution in [1.82, 2.24) is 5.32 Å². The Hall–Kier alpha value is -2.69. The van der Waals surface area contributed by atoms with Gasteiger partial charge >= 0.3 is 0 Å². The molecule has 0 bridgehead atoms. The average Bonchev–Trinajstić information content (AvgIpc) is 2.89. The number of rotatable bonds is 3. The highest BCUT2D eigenvalue weighted by atomic mass is 19.1. The summed E-state index contributed by atoms with van der Waals surface area (Å²) in [6, 6.07) is 12.8. The van der Waals surface area contributed by atoms with Gasteiger partial charge in [0, 0.05) is 12.2 Å². The summed E-state index contributed by atoms with van der Waals surface area (Å²) >= 11 is 0. The quantitative estimate of drug-likeness (QED) is 0.947. The Balaban J connectivity index is 1.71. The highest BCUT2D eigenvalue weighted by Crippen LogP contribution is 2.22. The minimum absolute atomic E-state index is 0.0471. The molecule has 2 amide bonds. The number of nitrogens with one attached hydrogen (secondary N) is 1. The molecular formula is C18H17FN2O2. The van der Waals surface area contributed by atoms with Gasteiger partial charge in [0.15, 0.2) is 0 Å². The maximum atomic E-state index is 13.6. The van der Waals surface area contributed by atoms with Gasteiger partial charge in [-0.05, 0) is 37.6 Å². The molecule has 3 rings (SSSR count). The summed E-state index contributed by atoms with van der Waals surface area (Å²) in [4.78, 5) is 26.2. The summed E-state index contributed by atoms with van der Waals surface area (Å²) < 4.78 is 13.6. The first kappa shape index (κ1) is 15.2. The molecule has 1 heterocycles. The van der Waals surface area contributed by atoms with Gasteiger partial charge in [-0.25, -0.2) is 4.39 Å². The van der Waals surface area contributed by atoms with Gasteiger partial charge < -0.3 is 10.2 Å². The van der Waals surface area contributed by atoms with Gasteiger partial charge in [0.25, 0.3) is 5.91 Å². The van der Waals surface area contributed by atoms with Crippen molar-refractivity contribution < 1.29 is 14.0 Å². The molecule has 2 aromatic carbocycles. The van der Waals surface area contributed by atoms with Gasteiger partial charge in [-0.2, -0.15) is 0 Å². The highest BCUT2D eigenvalue weighted by Gasteiger charge is 2.34. The Morgan fingerprint density at radius 1 is 1.17 bits per heavy atom. The molecule has 1 saturated heterocycles. The fraction of sp³-hybridized carbons (Fsp3) is 0.222. The Kier molecular flexibility index (Phi) is 4.10. The van der Waals surface area contributed by atoms with Crippen LogP contribution in [0.2, 0.25) is 0 Å². The summed E-state index contributed by atoms with van der Waals surface area (Å²) in [5.74, 6) is -1.32. The van der Waals surface area contributed by atoms with Crippen LogP contribution in [0.1, 0.15) is 22.3 Å². The minimum atomic E-state index is -0.622. The normalized spacial score (nSPS) is 17.4. The predicted octanol–water partition coefficient (Wildman–Crippen LogP) is 2.67. The van der Waals surface area contributed by atoms with E-state index in [4.69, 9.17) is 0 Å². The summed E-state index contributed by atoms with van der Waals surface area (Å²) in [6.07, 6.45) is 0.507. The molecule has 4 nitrogen and oxygen atoms in total. The van der Waals surface area contributed by atoms with Crippen LogP contribution in [-0.2, 0) is 4.79 Å². The lowest BCUT2D eigenvalue weighted by Crippen LogP contribution is -2.41. The number of hydrogen-bond acceptors (Lipinski definition) is 2. The monoisotopic (exact) mass is 312 g/mol. The van der Waals surface area contributed by atoms with E-state index < -0.39 is 17.8 Å². The third-order valence-corrected chi connectivity index (χ3v) is 3.97. The van der Waals surface area contributed by atoms with E-state index in [9.17, 15) is 14.0 Å². The number of carbonyl (C=O) groups excluding carboxylic acids is 2. The lowest BCUT2D eigenvalue weighted by molar-refractivity contribution is -0.118. The number of benzene rings is 2. The molecule has 2 aromatic rings. The topological polar surface area (TPSA) is 49.4 Å². The van der Waals surface area contributed by atoms with E-state index in [1.54, 1.807) is 11.0 Å². The Labute approximate surface area is 133 Å². The first-order valence-corrected chi connectivity index (χ1v) is 7.49. The molecule has 118 valence electrons. The number of nitrogens with zero attached hydrogens (tertiary/aromatic N) is 1. The number of amides is 2. The highest BCUT2D eigenvalue weighted by molar-refractivity contribution is 6.03. The van der Waals surface area contributed by atoms with Crippen LogP contribution in [-0.4, -0.2) is 24.4 Å². The molecule has 23 heavy (non-hydrogen) atoms. The number of carbonyl (C=O) groups is 2. The molecule has 0 aliphatic carbocycles. The van der Waals surface area contributed by atoms with Crippen LogP contribution in [0.3, 0.4) is 0 Å². The number of anilines is 1. The van der Waals surface area contributed by atoms with E-state index in [0.29, 0.717) is 13.0 Å². The van der Waals surface area contributed by atoms with E-state index in [-0.39, 0.29) is 11.5 Å². The van der Waals surface area contributed by atoms with Crippen LogP contribution < -0.4 is 10.2 Å². The Morgan fingerprint density at radius 3 is 2.57 bits per heavy atom. The fourth-order valence-electron chi connectivity index (χ4n) is 2.68. The zero-order valence-electron chi connectivity index (χ0n) is 12.8. The van der Waals surface area contributed by atoms with Crippen molar-refractivity contribution in [3.63, 3.8) is 0 Å². The van der Waals surface area contributed by atoms with E-state index in [1.807, 2.05) is 31.2 Å². The first-order valence-electron chi connectivity index (χ1n) is 7.49. The van der Waals surface area contributed by atoms with Gasteiger partial charge in [0.1, 0.15) is 11.9 Å². The zero-order chi connectivity index (χ0) is 16.4. The van der Waals surface area contributed by atoms with E-state index in [0.717, 1.165) is 11.3 Å². The second-order valence-electron chi connectivity index (χ2n) is 5.62. The molecule has 1 atom stereocenters. The maximum absolute atomic E-state index is 13.6. The van der Waals surface area contributed by atoms with Crippen LogP contribution in [0.4, 0.5) is 10.1 Å². The van der Waals surface area contributed by atoms with Crippen molar-refractivity contribution in [2.45, 2.75) is 19.4 Å². The lowest BCUT2D eigenvalue weighted by atomic mass is 10.1. The molecule has 1 aliphatic heterocycles. The van der Waals surface area contributed by atoms with E-state index in [2.05, 4.69) is 5.32 Å². The second-order valence-corrected chi connectivity index (χ2v) is 5.62. The van der Waals surface area contributed by atoms with Crippen LogP contribution in [0.15, 0.2) is 48.5 Å². The largest absolute Gasteiger partial charge is 0.340 e. The van der Waals surface area contributed by atoms with Crippen LogP contribution >= 0.6 is 0 Å². The molecule has 1 fully saturated rings. The molecule has 5 heteroatoms. The zero-order valence-corrected chi connectivity index (χ0v) is 12.8. The third-order valence-electron chi connectivity index (χ3n) is 3.97.